The number of hydrogen-bond donors (Lipinski definition) is 2. The van der Waals surface area contributed by atoms with Crippen LogP contribution in [-0.2, 0) is 6.18 Å². The van der Waals surface area contributed by atoms with Crippen molar-refractivity contribution in [3.8, 4) is 0 Å². The summed E-state index contributed by atoms with van der Waals surface area (Å²) < 4.78 is 37.1. The first-order valence-corrected chi connectivity index (χ1v) is 5.87. The Morgan fingerprint density at radius 1 is 1.50 bits per heavy atom. The molecule has 1 rings (SSSR count). The smallest absolute Gasteiger partial charge is 0.393 e. The first-order chi connectivity index (χ1) is 8.34. The topological polar surface area (TPSA) is 45.1 Å². The monoisotopic (exact) mass is 282 g/mol. The summed E-state index contributed by atoms with van der Waals surface area (Å²) in [4.78, 5) is 3.62. The van der Waals surface area contributed by atoms with E-state index in [1.54, 1.807) is 0 Å². The molecule has 0 spiro atoms. The van der Waals surface area contributed by atoms with E-state index in [-0.39, 0.29) is 10.8 Å². The van der Waals surface area contributed by atoms with Crippen LogP contribution in [0.2, 0.25) is 5.02 Å². The van der Waals surface area contributed by atoms with Crippen LogP contribution in [0.15, 0.2) is 12.3 Å². The Balaban J connectivity index is 2.63. The number of halogens is 4. The van der Waals surface area contributed by atoms with Crippen molar-refractivity contribution in [2.45, 2.75) is 32.0 Å². The molecule has 0 aromatic carbocycles. The molecule has 3 nitrogen and oxygen atoms in total. The number of aliphatic hydroxyl groups excluding tert-OH is 1. The van der Waals surface area contributed by atoms with Crippen LogP contribution in [0.5, 0.6) is 0 Å². The number of aromatic nitrogens is 1. The van der Waals surface area contributed by atoms with Gasteiger partial charge in [-0.25, -0.2) is 4.98 Å². The van der Waals surface area contributed by atoms with Gasteiger partial charge in [-0.3, -0.25) is 0 Å². The molecule has 18 heavy (non-hydrogen) atoms. The molecule has 102 valence electrons. The van der Waals surface area contributed by atoms with E-state index in [0.717, 1.165) is 12.3 Å². The first-order valence-electron chi connectivity index (χ1n) is 5.49. The quantitative estimate of drug-likeness (QED) is 0.871. The number of hydrogen-bond acceptors (Lipinski definition) is 3. The minimum atomic E-state index is -4.45. The Morgan fingerprint density at radius 2 is 2.17 bits per heavy atom. The number of alkyl halides is 3. The molecule has 2 N–H and O–H groups in total. The summed E-state index contributed by atoms with van der Waals surface area (Å²) in [6.45, 7) is 2.24. The van der Waals surface area contributed by atoms with Gasteiger partial charge >= 0.3 is 6.18 Å². The minimum Gasteiger partial charge on any atom is -0.393 e. The van der Waals surface area contributed by atoms with Gasteiger partial charge in [-0.15, -0.1) is 0 Å². The summed E-state index contributed by atoms with van der Waals surface area (Å²) in [5.74, 6) is 0.188. The molecule has 0 aliphatic rings. The highest BCUT2D eigenvalue weighted by atomic mass is 35.5. The molecule has 0 saturated heterocycles. The Hall–Kier alpha value is -1.01. The van der Waals surface area contributed by atoms with E-state index in [0.29, 0.717) is 19.4 Å². The predicted molar refractivity (Wildman–Crippen MR) is 63.7 cm³/mol. The van der Waals surface area contributed by atoms with Crippen LogP contribution in [0, 0.1) is 0 Å². The molecule has 1 atom stereocenters. The normalized spacial score (nSPS) is 13.4. The van der Waals surface area contributed by atoms with Crippen molar-refractivity contribution in [3.05, 3.63) is 22.8 Å². The second-order valence-electron chi connectivity index (χ2n) is 3.83. The van der Waals surface area contributed by atoms with Gasteiger partial charge in [0, 0.05) is 12.7 Å². The highest BCUT2D eigenvalue weighted by Crippen LogP contribution is 2.32. The zero-order valence-electron chi connectivity index (χ0n) is 9.76. The fraction of sp³-hybridized carbons (Fsp3) is 0.545. The van der Waals surface area contributed by atoms with E-state index in [1.807, 2.05) is 6.92 Å². The van der Waals surface area contributed by atoms with Crippen molar-refractivity contribution < 1.29 is 18.3 Å². The standard InChI is InChI=1S/C11H14ClF3N2O/c1-2-8(18)3-4-16-10-9(12)5-7(6-17-10)11(13,14)15/h5-6,8,18H,2-4H2,1H3,(H,16,17). The fourth-order valence-corrected chi connectivity index (χ4v) is 1.52. The molecule has 1 aromatic heterocycles. The summed E-state index contributed by atoms with van der Waals surface area (Å²) in [5.41, 5.74) is -0.883. The van der Waals surface area contributed by atoms with Crippen molar-refractivity contribution in [2.75, 3.05) is 11.9 Å². The third-order valence-electron chi connectivity index (χ3n) is 2.41. The van der Waals surface area contributed by atoms with E-state index in [4.69, 9.17) is 11.6 Å². The van der Waals surface area contributed by atoms with E-state index in [2.05, 4.69) is 10.3 Å². The van der Waals surface area contributed by atoms with E-state index < -0.39 is 17.8 Å². The molecule has 0 amide bonds. The summed E-state index contributed by atoms with van der Waals surface area (Å²) in [6.07, 6.45) is -3.06. The molecule has 7 heteroatoms. The maximum absolute atomic E-state index is 12.4. The molecule has 1 aromatic rings. The van der Waals surface area contributed by atoms with Gasteiger partial charge in [-0.1, -0.05) is 18.5 Å². The molecule has 0 saturated carbocycles. The molecular formula is C11H14ClF3N2O. The third kappa shape index (κ3) is 4.34. The minimum absolute atomic E-state index is 0.0872. The van der Waals surface area contributed by atoms with Gasteiger partial charge in [0.15, 0.2) is 0 Å². The highest BCUT2D eigenvalue weighted by molar-refractivity contribution is 6.32. The predicted octanol–water partition coefficient (Wildman–Crippen LogP) is 3.33. The van der Waals surface area contributed by atoms with Gasteiger partial charge < -0.3 is 10.4 Å². The van der Waals surface area contributed by atoms with E-state index in [1.165, 1.54) is 0 Å². The average Bonchev–Trinajstić information content (AvgIpc) is 2.29. The molecule has 0 bridgehead atoms. The number of nitrogens with zero attached hydrogens (tertiary/aromatic N) is 1. The van der Waals surface area contributed by atoms with Crippen molar-refractivity contribution in [1.29, 1.82) is 0 Å². The Labute approximate surface area is 108 Å². The lowest BCUT2D eigenvalue weighted by atomic mass is 10.2. The van der Waals surface area contributed by atoms with Crippen LogP contribution < -0.4 is 5.32 Å². The largest absolute Gasteiger partial charge is 0.417 e. The maximum atomic E-state index is 12.4. The van der Waals surface area contributed by atoms with Crippen molar-refractivity contribution in [1.82, 2.24) is 4.98 Å². The highest BCUT2D eigenvalue weighted by Gasteiger charge is 2.31. The zero-order chi connectivity index (χ0) is 13.8. The molecular weight excluding hydrogens is 269 g/mol. The average molecular weight is 283 g/mol. The molecule has 1 heterocycles. The second kappa shape index (κ2) is 6.24. The van der Waals surface area contributed by atoms with Crippen LogP contribution in [-0.4, -0.2) is 22.7 Å². The summed E-state index contributed by atoms with van der Waals surface area (Å²) in [6, 6.07) is 0.827. The maximum Gasteiger partial charge on any atom is 0.417 e. The van der Waals surface area contributed by atoms with Crippen LogP contribution >= 0.6 is 11.6 Å². The van der Waals surface area contributed by atoms with Gasteiger partial charge in [0.05, 0.1) is 16.7 Å². The number of rotatable bonds is 5. The van der Waals surface area contributed by atoms with Crippen LogP contribution in [0.1, 0.15) is 25.3 Å². The molecule has 0 aliphatic carbocycles. The molecule has 1 unspecified atom stereocenters. The zero-order valence-corrected chi connectivity index (χ0v) is 10.5. The van der Waals surface area contributed by atoms with Gasteiger partial charge in [-0.2, -0.15) is 13.2 Å². The van der Waals surface area contributed by atoms with Gasteiger partial charge in [0.25, 0.3) is 0 Å². The van der Waals surface area contributed by atoms with Crippen molar-refractivity contribution in [2.24, 2.45) is 0 Å². The van der Waals surface area contributed by atoms with Gasteiger partial charge in [0.1, 0.15) is 5.82 Å². The van der Waals surface area contributed by atoms with Crippen molar-refractivity contribution in [3.63, 3.8) is 0 Å². The number of pyridine rings is 1. The Morgan fingerprint density at radius 3 is 2.67 bits per heavy atom. The number of nitrogens with one attached hydrogen (secondary N) is 1. The molecule has 0 fully saturated rings. The van der Waals surface area contributed by atoms with Crippen LogP contribution in [0.25, 0.3) is 0 Å². The SMILES string of the molecule is CCC(O)CCNc1ncc(C(F)(F)F)cc1Cl. The van der Waals surface area contributed by atoms with E-state index >= 15 is 0 Å². The van der Waals surface area contributed by atoms with Crippen LogP contribution in [0.3, 0.4) is 0 Å². The van der Waals surface area contributed by atoms with Gasteiger partial charge in [0.2, 0.25) is 0 Å². The van der Waals surface area contributed by atoms with Gasteiger partial charge in [-0.05, 0) is 18.9 Å². The Bertz CT molecular complexity index is 398. The van der Waals surface area contributed by atoms with Crippen molar-refractivity contribution >= 4 is 17.4 Å². The summed E-state index contributed by atoms with van der Waals surface area (Å²) in [7, 11) is 0. The first kappa shape index (κ1) is 15.0. The van der Waals surface area contributed by atoms with E-state index in [9.17, 15) is 18.3 Å². The molecule has 0 radical (unpaired) electrons. The molecule has 0 aliphatic heterocycles. The summed E-state index contributed by atoms with van der Waals surface area (Å²) >= 11 is 5.70. The lowest BCUT2D eigenvalue weighted by Crippen LogP contribution is -2.13. The third-order valence-corrected chi connectivity index (χ3v) is 2.70. The Kier molecular flexibility index (Phi) is 5.22. The fourth-order valence-electron chi connectivity index (χ4n) is 1.28. The number of aliphatic hydroxyl groups is 1. The van der Waals surface area contributed by atoms with Crippen LogP contribution in [0.4, 0.5) is 19.0 Å². The summed E-state index contributed by atoms with van der Waals surface area (Å²) in [5, 5.41) is 12.0. The lowest BCUT2D eigenvalue weighted by molar-refractivity contribution is -0.137. The second-order valence-corrected chi connectivity index (χ2v) is 4.24. The number of anilines is 1. The lowest BCUT2D eigenvalue weighted by Gasteiger charge is -2.12.